The second-order valence-corrected chi connectivity index (χ2v) is 4.66. The van der Waals surface area contributed by atoms with Crippen LogP contribution in [0.5, 0.6) is 0 Å². The summed E-state index contributed by atoms with van der Waals surface area (Å²) in [6, 6.07) is 5.34. The van der Waals surface area contributed by atoms with Crippen LogP contribution in [0, 0.1) is 36.3 Å². The zero-order chi connectivity index (χ0) is 15.5. The Balaban J connectivity index is 3.62. The topological polar surface area (TPSA) is 129 Å². The molecule has 108 valence electrons. The van der Waals surface area contributed by atoms with Gasteiger partial charge in [0.05, 0.1) is 0 Å². The lowest BCUT2D eigenvalue weighted by molar-refractivity contribution is -0.986. The van der Waals surface area contributed by atoms with Gasteiger partial charge in [0.25, 0.3) is 0 Å². The molecule has 1 aromatic carbocycles. The van der Waals surface area contributed by atoms with Crippen molar-refractivity contribution in [1.82, 2.24) is 0 Å². The van der Waals surface area contributed by atoms with Gasteiger partial charge in [-0.2, -0.15) is 0 Å². The van der Waals surface area contributed by atoms with Gasteiger partial charge in [0, 0.05) is 0 Å². The summed E-state index contributed by atoms with van der Waals surface area (Å²) in [7, 11) is 0. The maximum Gasteiger partial charge on any atom is 0.728 e. The van der Waals surface area contributed by atoms with E-state index in [1.54, 1.807) is 0 Å². The molecule has 0 amide bonds. The van der Waals surface area contributed by atoms with Gasteiger partial charge in [0.2, 0.25) is 0 Å². The van der Waals surface area contributed by atoms with Crippen molar-refractivity contribution in [3.8, 4) is 0 Å². The number of nitro groups is 3. The first-order valence-corrected chi connectivity index (χ1v) is 5.76. The number of hydrogen-bond acceptors (Lipinski definition) is 6. The number of hydrogen-bond donors (Lipinski definition) is 0. The normalized spacial score (nSPS) is 11.3. The summed E-state index contributed by atoms with van der Waals surface area (Å²) in [6.45, 7) is 3.62. The van der Waals surface area contributed by atoms with Crippen molar-refractivity contribution in [2.75, 3.05) is 0 Å². The zero-order valence-electron chi connectivity index (χ0n) is 10.9. The third-order valence-corrected chi connectivity index (χ3v) is 2.77. The SMILES string of the molecule is CC(C)Cc1ccccc1C([N+](=O)[O-])([N+](=O)[O-])[N+](=O)[O-]. The van der Waals surface area contributed by atoms with Gasteiger partial charge in [-0.1, -0.05) is 32.0 Å². The highest BCUT2D eigenvalue weighted by atomic mass is 16.7. The molecule has 0 aliphatic heterocycles. The molecule has 0 aromatic heterocycles. The van der Waals surface area contributed by atoms with Gasteiger partial charge in [-0.15, -0.1) is 0 Å². The number of nitrogens with zero attached hydrogens (tertiary/aromatic N) is 3. The van der Waals surface area contributed by atoms with Gasteiger partial charge < -0.3 is 0 Å². The molecular weight excluding hydrogens is 270 g/mol. The molecule has 0 aliphatic carbocycles. The minimum absolute atomic E-state index is 0.0408. The van der Waals surface area contributed by atoms with Gasteiger partial charge in [-0.05, 0) is 24.0 Å². The standard InChI is InChI=1S/C11H13N3O6/c1-8(2)7-9-5-3-4-6-10(9)11(12(15)16,13(17)18)14(19)20/h3-6,8H,7H2,1-2H3. The number of rotatable bonds is 6. The maximum absolute atomic E-state index is 11.1. The van der Waals surface area contributed by atoms with Crippen LogP contribution in [0.1, 0.15) is 25.0 Å². The van der Waals surface area contributed by atoms with Crippen molar-refractivity contribution in [2.45, 2.75) is 26.1 Å². The summed E-state index contributed by atoms with van der Waals surface area (Å²) in [6.07, 6.45) is 0.271. The van der Waals surface area contributed by atoms with Crippen molar-refractivity contribution >= 4 is 0 Å². The first kappa shape index (κ1) is 15.5. The molecule has 0 unspecified atom stereocenters. The average Bonchev–Trinajstić information content (AvgIpc) is 2.29. The minimum Gasteiger partial charge on any atom is -0.252 e. The Bertz CT molecular complexity index is 521. The molecule has 9 heteroatoms. The summed E-state index contributed by atoms with van der Waals surface area (Å²) in [5.74, 6) is -3.52. The number of benzene rings is 1. The summed E-state index contributed by atoms with van der Waals surface area (Å²) in [4.78, 5) is 28.8. The third-order valence-electron chi connectivity index (χ3n) is 2.77. The lowest BCUT2D eigenvalue weighted by atomic mass is 9.94. The molecule has 0 bridgehead atoms. The van der Waals surface area contributed by atoms with E-state index in [1.165, 1.54) is 18.2 Å². The zero-order valence-corrected chi connectivity index (χ0v) is 10.9. The van der Waals surface area contributed by atoms with E-state index < -0.39 is 26.1 Å². The Morgan fingerprint density at radius 2 is 1.45 bits per heavy atom. The second-order valence-electron chi connectivity index (χ2n) is 4.66. The van der Waals surface area contributed by atoms with E-state index in [1.807, 2.05) is 13.8 Å². The van der Waals surface area contributed by atoms with Gasteiger partial charge in [0.1, 0.15) is 0 Å². The van der Waals surface area contributed by atoms with Crippen LogP contribution in [0.3, 0.4) is 0 Å². The largest absolute Gasteiger partial charge is 0.728 e. The van der Waals surface area contributed by atoms with Crippen LogP contribution in [-0.2, 0) is 12.2 Å². The lowest BCUT2D eigenvalue weighted by Gasteiger charge is -2.13. The molecule has 0 fully saturated rings. The Morgan fingerprint density at radius 3 is 1.85 bits per heavy atom. The fourth-order valence-electron chi connectivity index (χ4n) is 1.96. The van der Waals surface area contributed by atoms with Crippen LogP contribution in [0.4, 0.5) is 0 Å². The van der Waals surface area contributed by atoms with Crippen LogP contribution < -0.4 is 0 Å². The maximum atomic E-state index is 11.1. The molecule has 0 heterocycles. The monoisotopic (exact) mass is 283 g/mol. The molecule has 1 rings (SSSR count). The van der Waals surface area contributed by atoms with Crippen molar-refractivity contribution in [3.05, 3.63) is 65.7 Å². The molecule has 0 spiro atoms. The summed E-state index contributed by atoms with van der Waals surface area (Å²) < 4.78 is 0. The van der Waals surface area contributed by atoms with Crippen LogP contribution >= 0.6 is 0 Å². The molecule has 0 N–H and O–H groups in total. The van der Waals surface area contributed by atoms with Gasteiger partial charge >= 0.3 is 5.79 Å². The van der Waals surface area contributed by atoms with E-state index in [2.05, 4.69) is 0 Å². The van der Waals surface area contributed by atoms with E-state index in [-0.39, 0.29) is 17.9 Å². The molecule has 0 saturated heterocycles. The molecule has 0 aliphatic rings. The van der Waals surface area contributed by atoms with Crippen LogP contribution in [0.15, 0.2) is 24.3 Å². The molecule has 9 nitrogen and oxygen atoms in total. The van der Waals surface area contributed by atoms with Gasteiger partial charge in [-0.3, -0.25) is 30.3 Å². The van der Waals surface area contributed by atoms with E-state index >= 15 is 0 Å². The highest BCUT2D eigenvalue weighted by Gasteiger charge is 2.73. The Kier molecular flexibility index (Phi) is 4.33. The summed E-state index contributed by atoms with van der Waals surface area (Å²) in [5, 5.41) is 33.2. The molecule has 0 atom stereocenters. The van der Waals surface area contributed by atoms with Crippen molar-refractivity contribution < 1.29 is 14.8 Å². The highest BCUT2D eigenvalue weighted by molar-refractivity contribution is 5.29. The van der Waals surface area contributed by atoms with Crippen LogP contribution in [-0.4, -0.2) is 14.8 Å². The Morgan fingerprint density at radius 1 is 1.00 bits per heavy atom. The smallest absolute Gasteiger partial charge is 0.252 e. The van der Waals surface area contributed by atoms with Crippen LogP contribution in [0.2, 0.25) is 0 Å². The first-order chi connectivity index (χ1) is 9.24. The van der Waals surface area contributed by atoms with Crippen molar-refractivity contribution in [2.24, 2.45) is 5.92 Å². The highest BCUT2D eigenvalue weighted by Crippen LogP contribution is 2.30. The fourth-order valence-corrected chi connectivity index (χ4v) is 1.96. The van der Waals surface area contributed by atoms with Crippen molar-refractivity contribution in [1.29, 1.82) is 0 Å². The molecular formula is C11H13N3O6. The molecule has 0 saturated carbocycles. The minimum atomic E-state index is -3.56. The van der Waals surface area contributed by atoms with Gasteiger partial charge in [0.15, 0.2) is 20.3 Å². The third kappa shape index (κ3) is 2.42. The molecule has 0 radical (unpaired) electrons. The van der Waals surface area contributed by atoms with E-state index in [9.17, 15) is 30.3 Å². The summed E-state index contributed by atoms with van der Waals surface area (Å²) >= 11 is 0. The average molecular weight is 283 g/mol. The van der Waals surface area contributed by atoms with Crippen molar-refractivity contribution in [3.63, 3.8) is 0 Å². The second kappa shape index (κ2) is 5.59. The lowest BCUT2D eigenvalue weighted by Crippen LogP contribution is -2.50. The summed E-state index contributed by atoms with van der Waals surface area (Å²) in [5.41, 5.74) is -0.277. The predicted molar refractivity (Wildman–Crippen MR) is 67.6 cm³/mol. The first-order valence-electron chi connectivity index (χ1n) is 5.76. The predicted octanol–water partition coefficient (Wildman–Crippen LogP) is 1.83. The van der Waals surface area contributed by atoms with E-state index in [4.69, 9.17) is 0 Å². The van der Waals surface area contributed by atoms with Crippen LogP contribution in [0.25, 0.3) is 0 Å². The quantitative estimate of drug-likeness (QED) is 0.444. The fraction of sp³-hybridized carbons (Fsp3) is 0.455. The van der Waals surface area contributed by atoms with E-state index in [0.717, 1.165) is 6.07 Å². The van der Waals surface area contributed by atoms with E-state index in [0.29, 0.717) is 0 Å². The Hall–Kier alpha value is -2.58. The Labute approximate surface area is 113 Å². The molecule has 20 heavy (non-hydrogen) atoms. The molecule has 1 aromatic rings. The van der Waals surface area contributed by atoms with Gasteiger partial charge in [-0.25, -0.2) is 0 Å².